The summed E-state index contributed by atoms with van der Waals surface area (Å²) in [5.74, 6) is -0.872. The summed E-state index contributed by atoms with van der Waals surface area (Å²) in [5.41, 5.74) is 0. The third-order valence-electron chi connectivity index (χ3n) is 13.4. The lowest BCUT2D eigenvalue weighted by Gasteiger charge is -2.18. The molecule has 0 fully saturated rings. The third kappa shape index (κ3) is 54.6. The molecule has 0 spiro atoms. The van der Waals surface area contributed by atoms with Gasteiger partial charge >= 0.3 is 17.9 Å². The fraction of sp³-hybridized carbons (Fsp3) is 0.855. The summed E-state index contributed by atoms with van der Waals surface area (Å²) in [4.78, 5) is 38.0. The van der Waals surface area contributed by atoms with Crippen LogP contribution in [0.1, 0.15) is 323 Å². The zero-order chi connectivity index (χ0) is 49.3. The van der Waals surface area contributed by atoms with Gasteiger partial charge in [-0.25, -0.2) is 0 Å². The first-order valence-electron chi connectivity index (χ1n) is 30.0. The van der Waals surface area contributed by atoms with Gasteiger partial charge in [0, 0.05) is 19.3 Å². The van der Waals surface area contributed by atoms with Crippen molar-refractivity contribution in [3.8, 4) is 0 Å². The molecule has 1 unspecified atom stereocenters. The van der Waals surface area contributed by atoms with Crippen molar-refractivity contribution in [2.24, 2.45) is 0 Å². The van der Waals surface area contributed by atoms with Crippen LogP contribution in [-0.4, -0.2) is 37.2 Å². The van der Waals surface area contributed by atoms with E-state index in [0.29, 0.717) is 19.3 Å². The van der Waals surface area contributed by atoms with Gasteiger partial charge in [-0.05, 0) is 51.4 Å². The van der Waals surface area contributed by atoms with Gasteiger partial charge in [-0.15, -0.1) is 0 Å². The van der Waals surface area contributed by atoms with Crippen molar-refractivity contribution >= 4 is 17.9 Å². The normalized spacial score (nSPS) is 12.2. The highest BCUT2D eigenvalue weighted by molar-refractivity contribution is 5.71. The molecular formula is C62H114O6. The van der Waals surface area contributed by atoms with Crippen LogP contribution >= 0.6 is 0 Å². The average Bonchev–Trinajstić information content (AvgIpc) is 3.34. The monoisotopic (exact) mass is 955 g/mol. The molecule has 0 aliphatic heterocycles. The van der Waals surface area contributed by atoms with Crippen molar-refractivity contribution in [2.45, 2.75) is 329 Å². The molecule has 0 radical (unpaired) electrons. The second-order valence-corrected chi connectivity index (χ2v) is 20.2. The Morgan fingerprint density at radius 3 is 0.897 bits per heavy atom. The molecular weight excluding hydrogens is 841 g/mol. The molecule has 0 amide bonds. The highest BCUT2D eigenvalue weighted by atomic mass is 16.6. The maximum atomic E-state index is 12.8. The van der Waals surface area contributed by atoms with Crippen LogP contribution in [-0.2, 0) is 28.6 Å². The van der Waals surface area contributed by atoms with Crippen molar-refractivity contribution in [2.75, 3.05) is 13.2 Å². The number of hydrogen-bond donors (Lipinski definition) is 0. The fourth-order valence-electron chi connectivity index (χ4n) is 8.93. The van der Waals surface area contributed by atoms with E-state index in [1.807, 2.05) is 0 Å². The van der Waals surface area contributed by atoms with E-state index in [9.17, 15) is 14.4 Å². The van der Waals surface area contributed by atoms with Crippen LogP contribution < -0.4 is 0 Å². The van der Waals surface area contributed by atoms with Gasteiger partial charge in [0.25, 0.3) is 0 Å². The van der Waals surface area contributed by atoms with Gasteiger partial charge in [-0.2, -0.15) is 0 Å². The summed E-state index contributed by atoms with van der Waals surface area (Å²) in [5, 5.41) is 0. The van der Waals surface area contributed by atoms with Crippen molar-refractivity contribution in [3.63, 3.8) is 0 Å². The Morgan fingerprint density at radius 2 is 0.574 bits per heavy atom. The predicted molar refractivity (Wildman–Crippen MR) is 293 cm³/mol. The van der Waals surface area contributed by atoms with Gasteiger partial charge in [-0.3, -0.25) is 14.4 Å². The van der Waals surface area contributed by atoms with Crippen molar-refractivity contribution in [1.29, 1.82) is 0 Å². The fourth-order valence-corrected chi connectivity index (χ4v) is 8.93. The molecule has 6 heteroatoms. The van der Waals surface area contributed by atoms with E-state index in [4.69, 9.17) is 14.2 Å². The smallest absolute Gasteiger partial charge is 0.306 e. The van der Waals surface area contributed by atoms with Gasteiger partial charge in [0.2, 0.25) is 0 Å². The van der Waals surface area contributed by atoms with Crippen LogP contribution in [0.2, 0.25) is 0 Å². The van der Waals surface area contributed by atoms with Gasteiger partial charge in [-0.1, -0.05) is 288 Å². The van der Waals surface area contributed by atoms with Gasteiger partial charge in [0.1, 0.15) is 13.2 Å². The van der Waals surface area contributed by atoms with Crippen molar-refractivity contribution in [3.05, 3.63) is 36.5 Å². The third-order valence-corrected chi connectivity index (χ3v) is 13.4. The quantitative estimate of drug-likeness (QED) is 0.0262. The lowest BCUT2D eigenvalue weighted by atomic mass is 10.0. The first-order valence-corrected chi connectivity index (χ1v) is 30.0. The first kappa shape index (κ1) is 65.6. The van der Waals surface area contributed by atoms with E-state index in [0.717, 1.165) is 83.5 Å². The Morgan fingerprint density at radius 1 is 0.309 bits per heavy atom. The maximum Gasteiger partial charge on any atom is 0.306 e. The largest absolute Gasteiger partial charge is 0.462 e. The predicted octanol–water partition coefficient (Wildman–Crippen LogP) is 20.0. The highest BCUT2D eigenvalue weighted by Crippen LogP contribution is 2.17. The molecule has 0 aromatic carbocycles. The first-order chi connectivity index (χ1) is 33.5. The zero-order valence-electron chi connectivity index (χ0n) is 45.6. The number of ether oxygens (including phenoxy) is 3. The van der Waals surface area contributed by atoms with E-state index in [1.165, 1.54) is 199 Å². The minimum absolute atomic E-state index is 0.0721. The lowest BCUT2D eigenvalue weighted by molar-refractivity contribution is -0.167. The molecule has 0 heterocycles. The second-order valence-electron chi connectivity index (χ2n) is 20.2. The van der Waals surface area contributed by atoms with E-state index in [1.54, 1.807) is 0 Å². The maximum absolute atomic E-state index is 12.8. The van der Waals surface area contributed by atoms with E-state index >= 15 is 0 Å². The van der Waals surface area contributed by atoms with Crippen LogP contribution in [0.15, 0.2) is 36.5 Å². The molecule has 0 aliphatic rings. The Labute approximate surface area is 423 Å². The molecule has 0 aromatic rings. The number of carbonyl (C=O) groups is 3. The molecule has 0 aliphatic carbocycles. The van der Waals surface area contributed by atoms with Crippen LogP contribution in [0.4, 0.5) is 0 Å². The van der Waals surface area contributed by atoms with Gasteiger partial charge in [0.05, 0.1) is 0 Å². The minimum Gasteiger partial charge on any atom is -0.462 e. The highest BCUT2D eigenvalue weighted by Gasteiger charge is 2.19. The van der Waals surface area contributed by atoms with E-state index in [-0.39, 0.29) is 31.1 Å². The molecule has 0 N–H and O–H groups in total. The summed E-state index contributed by atoms with van der Waals surface area (Å²) in [6.07, 6.45) is 68.9. The molecule has 0 aromatic heterocycles. The number of allylic oxidation sites excluding steroid dienone is 6. The molecule has 0 rings (SSSR count). The number of rotatable bonds is 55. The van der Waals surface area contributed by atoms with Crippen molar-refractivity contribution < 1.29 is 28.6 Å². The Bertz CT molecular complexity index is 1140. The Balaban J connectivity index is 4.08. The molecule has 0 saturated heterocycles. The minimum atomic E-state index is -0.772. The molecule has 68 heavy (non-hydrogen) atoms. The van der Waals surface area contributed by atoms with Crippen LogP contribution in [0.3, 0.4) is 0 Å². The summed E-state index contributed by atoms with van der Waals surface area (Å²) >= 11 is 0. The second kappa shape index (κ2) is 57.2. The summed E-state index contributed by atoms with van der Waals surface area (Å²) in [6.45, 7) is 6.52. The average molecular weight is 956 g/mol. The van der Waals surface area contributed by atoms with Crippen LogP contribution in [0, 0.1) is 0 Å². The van der Waals surface area contributed by atoms with E-state index in [2.05, 4.69) is 57.2 Å². The van der Waals surface area contributed by atoms with Crippen LogP contribution in [0.25, 0.3) is 0 Å². The van der Waals surface area contributed by atoms with Gasteiger partial charge in [0.15, 0.2) is 6.10 Å². The summed E-state index contributed by atoms with van der Waals surface area (Å²) in [6, 6.07) is 0. The Hall–Kier alpha value is -2.37. The molecule has 1 atom stereocenters. The molecule has 6 nitrogen and oxygen atoms in total. The topological polar surface area (TPSA) is 78.9 Å². The van der Waals surface area contributed by atoms with E-state index < -0.39 is 6.10 Å². The zero-order valence-corrected chi connectivity index (χ0v) is 45.6. The standard InChI is InChI=1S/C62H114O6/c1-4-7-10-13-16-18-20-22-24-26-27-28-29-30-31-32-33-34-36-37-39-41-43-46-49-52-55-61(64)67-58-59(57-66-60(63)54-51-48-45-15-12-9-6-3)68-62(65)56-53-50-47-44-42-40-38-35-25-23-21-19-17-14-11-8-5-2/h8,11,17,19,23,25,59H,4-7,9-10,12-16,18,20-22,24,26-58H2,1-3H3/b11-8-,19-17-,25-23-. The van der Waals surface area contributed by atoms with Crippen LogP contribution in [0.5, 0.6) is 0 Å². The number of hydrogen-bond acceptors (Lipinski definition) is 6. The summed E-state index contributed by atoms with van der Waals surface area (Å²) in [7, 11) is 0. The summed E-state index contributed by atoms with van der Waals surface area (Å²) < 4.78 is 16.8. The number of carbonyl (C=O) groups excluding carboxylic acids is 3. The SMILES string of the molecule is CC/C=C\C/C=C\C/C=C\CCCCCCCCCC(=O)OC(COC(=O)CCCCCCCCC)COC(=O)CCCCCCCCCCCCCCCCCCCCCCCCCCCC. The Kier molecular flexibility index (Phi) is 55.2. The molecule has 0 bridgehead atoms. The number of unbranched alkanes of at least 4 members (excludes halogenated alkanes) is 38. The lowest BCUT2D eigenvalue weighted by Crippen LogP contribution is -2.30. The molecule has 0 saturated carbocycles. The van der Waals surface area contributed by atoms with Crippen molar-refractivity contribution in [1.82, 2.24) is 0 Å². The van der Waals surface area contributed by atoms with Gasteiger partial charge < -0.3 is 14.2 Å². The molecule has 398 valence electrons. The number of esters is 3.